The van der Waals surface area contributed by atoms with Crippen LogP contribution in [0.5, 0.6) is 11.5 Å². The molecule has 3 heteroatoms. The number of phenols is 1. The van der Waals surface area contributed by atoms with Gasteiger partial charge in [-0.2, -0.15) is 0 Å². The number of benzene rings is 2. The van der Waals surface area contributed by atoms with Crippen LogP contribution in [0.2, 0.25) is 0 Å². The van der Waals surface area contributed by atoms with Gasteiger partial charge in [0.25, 0.3) is 0 Å². The molecule has 1 fully saturated rings. The van der Waals surface area contributed by atoms with Crippen molar-refractivity contribution in [3.63, 3.8) is 0 Å². The van der Waals surface area contributed by atoms with E-state index in [0.29, 0.717) is 17.6 Å². The number of ether oxygens (including phenoxy) is 2. The predicted molar refractivity (Wildman–Crippen MR) is 151 cm³/mol. The van der Waals surface area contributed by atoms with E-state index in [4.69, 9.17) is 14.6 Å². The summed E-state index contributed by atoms with van der Waals surface area (Å²) in [5.74, 6) is 3.40. The number of hydrogen-bond donors (Lipinski definition) is 1. The second-order valence-electron chi connectivity index (χ2n) is 9.63. The van der Waals surface area contributed by atoms with Gasteiger partial charge < -0.3 is 14.6 Å². The molecule has 198 valence electrons. The lowest BCUT2D eigenvalue weighted by Gasteiger charge is -2.17. The van der Waals surface area contributed by atoms with Crippen LogP contribution in [0.25, 0.3) is 0 Å². The summed E-state index contributed by atoms with van der Waals surface area (Å²) >= 11 is 0. The number of aromatic hydroxyl groups is 1. The van der Waals surface area contributed by atoms with Gasteiger partial charge in [0, 0.05) is 0 Å². The van der Waals surface area contributed by atoms with E-state index < -0.39 is 0 Å². The van der Waals surface area contributed by atoms with Gasteiger partial charge in [-0.3, -0.25) is 0 Å². The molecule has 3 unspecified atom stereocenters. The maximum Gasteiger partial charge on any atom is 0.196 e. The maximum absolute atomic E-state index is 9.01. The van der Waals surface area contributed by atoms with Crippen molar-refractivity contribution in [2.45, 2.75) is 118 Å². The first-order valence-corrected chi connectivity index (χ1v) is 14.1. The van der Waals surface area contributed by atoms with Crippen LogP contribution in [-0.4, -0.2) is 18.0 Å². The molecule has 0 saturated heterocycles. The van der Waals surface area contributed by atoms with E-state index in [2.05, 4.69) is 52.0 Å². The van der Waals surface area contributed by atoms with Crippen LogP contribution in [0.4, 0.5) is 0 Å². The molecule has 0 amide bonds. The average molecular weight is 485 g/mol. The molecule has 1 saturated carbocycles. The summed E-state index contributed by atoms with van der Waals surface area (Å²) in [6.45, 7) is 15.6. The van der Waals surface area contributed by atoms with E-state index in [1.54, 1.807) is 12.1 Å². The van der Waals surface area contributed by atoms with Crippen LogP contribution in [0, 0.1) is 5.92 Å². The zero-order valence-corrected chi connectivity index (χ0v) is 23.6. The Morgan fingerprint density at radius 2 is 1.29 bits per heavy atom. The molecule has 1 N–H and O–H groups in total. The van der Waals surface area contributed by atoms with Crippen molar-refractivity contribution in [2.24, 2.45) is 5.92 Å². The topological polar surface area (TPSA) is 38.7 Å². The Labute approximate surface area is 216 Å². The van der Waals surface area contributed by atoms with Crippen molar-refractivity contribution in [2.75, 3.05) is 6.61 Å². The van der Waals surface area contributed by atoms with E-state index in [-0.39, 0.29) is 6.29 Å². The molecule has 0 spiro atoms. The normalized spacial score (nSPS) is 15.7. The monoisotopic (exact) mass is 484 g/mol. The van der Waals surface area contributed by atoms with Gasteiger partial charge in [0.15, 0.2) is 6.29 Å². The minimum atomic E-state index is -0.168. The summed E-state index contributed by atoms with van der Waals surface area (Å²) in [5, 5.41) is 9.01. The minimum absolute atomic E-state index is 0.168. The third kappa shape index (κ3) is 12.5. The second kappa shape index (κ2) is 18.3. The lowest BCUT2D eigenvalue weighted by Crippen LogP contribution is -2.17. The standard InChI is InChI=1S/C20H32O2.C10H14O.C2H6/c1-4-16(2)19-11-13-20(14-12-19)22-17(3)21-15-7-10-18-8-5-6-9-18;1-3-8(2)9-4-6-10(11)7-5-9;1-2/h11-14,16-18H,4-10,15H2,1-3H3;4-8,11H,3H2,1-2H3;1-2H3. The number of phenolic OH excluding ortho intramolecular Hbond substituents is 1. The fourth-order valence-electron chi connectivity index (χ4n) is 4.30. The Bertz CT molecular complexity index is 747. The SMILES string of the molecule is CC.CCC(C)c1ccc(O)cc1.CCC(C)c1ccc(OC(C)OCCCC2CCCC2)cc1. The second-order valence-corrected chi connectivity index (χ2v) is 9.63. The zero-order valence-electron chi connectivity index (χ0n) is 23.6. The van der Waals surface area contributed by atoms with Crippen molar-refractivity contribution < 1.29 is 14.6 Å². The van der Waals surface area contributed by atoms with Gasteiger partial charge in [0.2, 0.25) is 0 Å². The molecule has 3 rings (SSSR count). The van der Waals surface area contributed by atoms with Gasteiger partial charge in [-0.25, -0.2) is 0 Å². The Balaban J connectivity index is 0.000000395. The van der Waals surface area contributed by atoms with Gasteiger partial charge in [-0.1, -0.05) is 91.5 Å². The van der Waals surface area contributed by atoms with Crippen molar-refractivity contribution in [3.8, 4) is 11.5 Å². The number of hydrogen-bond acceptors (Lipinski definition) is 3. The highest BCUT2D eigenvalue weighted by Gasteiger charge is 2.14. The van der Waals surface area contributed by atoms with Gasteiger partial charge in [0.05, 0.1) is 6.61 Å². The molecule has 2 aromatic carbocycles. The summed E-state index contributed by atoms with van der Waals surface area (Å²) in [6.07, 6.45) is 10.3. The van der Waals surface area contributed by atoms with Crippen LogP contribution in [0.15, 0.2) is 48.5 Å². The van der Waals surface area contributed by atoms with Crippen molar-refractivity contribution in [1.29, 1.82) is 0 Å². The first kappa shape index (κ1) is 31.0. The third-order valence-corrected chi connectivity index (χ3v) is 7.02. The van der Waals surface area contributed by atoms with Crippen molar-refractivity contribution in [1.82, 2.24) is 0 Å². The van der Waals surface area contributed by atoms with Crippen LogP contribution in [0.1, 0.15) is 123 Å². The Morgan fingerprint density at radius 1 is 0.800 bits per heavy atom. The van der Waals surface area contributed by atoms with E-state index in [1.807, 2.05) is 32.9 Å². The fraction of sp³-hybridized carbons (Fsp3) is 0.625. The Kier molecular flexibility index (Phi) is 16.2. The van der Waals surface area contributed by atoms with Crippen LogP contribution < -0.4 is 4.74 Å². The quantitative estimate of drug-likeness (QED) is 0.255. The lowest BCUT2D eigenvalue weighted by atomic mass is 9.99. The predicted octanol–water partition coefficient (Wildman–Crippen LogP) is 9.84. The smallest absolute Gasteiger partial charge is 0.196 e. The molecule has 35 heavy (non-hydrogen) atoms. The summed E-state index contributed by atoms with van der Waals surface area (Å²) in [7, 11) is 0. The highest BCUT2D eigenvalue weighted by molar-refractivity contribution is 5.29. The van der Waals surface area contributed by atoms with Gasteiger partial charge in [0.1, 0.15) is 11.5 Å². The molecule has 0 aliphatic heterocycles. The molecule has 2 aromatic rings. The molecule has 0 bridgehead atoms. The average Bonchev–Trinajstić information content (AvgIpc) is 3.42. The van der Waals surface area contributed by atoms with Crippen molar-refractivity contribution in [3.05, 3.63) is 59.7 Å². The Morgan fingerprint density at radius 3 is 1.77 bits per heavy atom. The van der Waals surface area contributed by atoms with Crippen LogP contribution >= 0.6 is 0 Å². The van der Waals surface area contributed by atoms with Crippen molar-refractivity contribution >= 4 is 0 Å². The molecular weight excluding hydrogens is 432 g/mol. The van der Waals surface area contributed by atoms with Gasteiger partial charge in [-0.05, 0) is 85.8 Å². The summed E-state index contributed by atoms with van der Waals surface area (Å²) < 4.78 is 11.6. The minimum Gasteiger partial charge on any atom is -0.508 e. The highest BCUT2D eigenvalue weighted by atomic mass is 16.7. The Hall–Kier alpha value is -2.00. The zero-order chi connectivity index (χ0) is 26.1. The largest absolute Gasteiger partial charge is 0.508 e. The summed E-state index contributed by atoms with van der Waals surface area (Å²) in [4.78, 5) is 0. The van der Waals surface area contributed by atoms with E-state index in [9.17, 15) is 0 Å². The van der Waals surface area contributed by atoms with Gasteiger partial charge in [-0.15, -0.1) is 0 Å². The van der Waals surface area contributed by atoms with E-state index in [1.165, 1.54) is 49.7 Å². The lowest BCUT2D eigenvalue weighted by molar-refractivity contribution is -0.0682. The molecule has 1 aliphatic rings. The summed E-state index contributed by atoms with van der Waals surface area (Å²) in [5.41, 5.74) is 2.67. The third-order valence-electron chi connectivity index (χ3n) is 7.02. The van der Waals surface area contributed by atoms with E-state index >= 15 is 0 Å². The molecular formula is C32H52O3. The maximum atomic E-state index is 9.01. The molecule has 3 atom stereocenters. The van der Waals surface area contributed by atoms with Gasteiger partial charge >= 0.3 is 0 Å². The van der Waals surface area contributed by atoms with Crippen LogP contribution in [-0.2, 0) is 4.74 Å². The first-order valence-electron chi connectivity index (χ1n) is 14.1. The summed E-state index contributed by atoms with van der Waals surface area (Å²) in [6, 6.07) is 15.9. The van der Waals surface area contributed by atoms with Crippen LogP contribution in [0.3, 0.4) is 0 Å². The molecule has 0 aromatic heterocycles. The fourth-order valence-corrected chi connectivity index (χ4v) is 4.30. The van der Waals surface area contributed by atoms with E-state index in [0.717, 1.165) is 31.1 Å². The highest BCUT2D eigenvalue weighted by Crippen LogP contribution is 2.28. The molecule has 0 radical (unpaired) electrons. The first-order chi connectivity index (χ1) is 16.9. The molecule has 3 nitrogen and oxygen atoms in total. The molecule has 1 aliphatic carbocycles. The number of rotatable bonds is 11. The molecule has 0 heterocycles.